The van der Waals surface area contributed by atoms with E-state index in [0.717, 1.165) is 26.2 Å². The Bertz CT molecular complexity index is 356. The van der Waals surface area contributed by atoms with Gasteiger partial charge in [-0.3, -0.25) is 4.79 Å². The number of thiophene rings is 1. The molecule has 2 rings (SSSR count). The van der Waals surface area contributed by atoms with Crippen LogP contribution in [-0.2, 0) is 4.79 Å². The van der Waals surface area contributed by atoms with E-state index in [1.807, 2.05) is 11.0 Å². The van der Waals surface area contributed by atoms with Gasteiger partial charge in [-0.15, -0.1) is 11.3 Å². The maximum absolute atomic E-state index is 12.5. The molecule has 3 nitrogen and oxygen atoms in total. The van der Waals surface area contributed by atoms with Gasteiger partial charge in [0.1, 0.15) is 0 Å². The molecule has 0 spiro atoms. The highest BCUT2D eigenvalue weighted by Gasteiger charge is 2.29. The highest BCUT2D eigenvalue weighted by molar-refractivity contribution is 7.10. The Morgan fingerprint density at radius 1 is 1.41 bits per heavy atom. The zero-order chi connectivity index (χ0) is 12.3. The maximum Gasteiger partial charge on any atom is 0.231 e. The molecule has 1 aromatic heterocycles. The van der Waals surface area contributed by atoms with E-state index in [9.17, 15) is 4.79 Å². The Labute approximate surface area is 107 Å². The molecule has 2 heterocycles. The fourth-order valence-electron chi connectivity index (χ4n) is 2.29. The molecule has 4 heteroatoms. The summed E-state index contributed by atoms with van der Waals surface area (Å²) in [6.07, 6.45) is 0. The summed E-state index contributed by atoms with van der Waals surface area (Å²) >= 11 is 1.69. The van der Waals surface area contributed by atoms with Gasteiger partial charge in [0.2, 0.25) is 5.91 Å². The van der Waals surface area contributed by atoms with Crippen molar-refractivity contribution in [2.24, 2.45) is 5.92 Å². The van der Waals surface area contributed by atoms with Gasteiger partial charge in [0, 0.05) is 31.1 Å². The molecular formula is C13H20N2OS. The van der Waals surface area contributed by atoms with E-state index in [2.05, 4.69) is 30.6 Å². The molecule has 1 aromatic rings. The van der Waals surface area contributed by atoms with Gasteiger partial charge in [0.05, 0.1) is 5.92 Å². The summed E-state index contributed by atoms with van der Waals surface area (Å²) in [5.74, 6) is 0.688. The van der Waals surface area contributed by atoms with Crippen LogP contribution in [0.15, 0.2) is 17.5 Å². The number of nitrogens with zero attached hydrogens (tertiary/aromatic N) is 1. The third-order valence-corrected chi connectivity index (χ3v) is 4.17. The SMILES string of the molecule is CC(C)C(C(=O)N1CCNCC1)c1cccs1. The van der Waals surface area contributed by atoms with Crippen LogP contribution in [0.4, 0.5) is 0 Å². The first-order valence-corrected chi connectivity index (χ1v) is 7.11. The predicted molar refractivity (Wildman–Crippen MR) is 71.3 cm³/mol. The molecule has 1 fully saturated rings. The first kappa shape index (κ1) is 12.6. The van der Waals surface area contributed by atoms with E-state index in [4.69, 9.17) is 0 Å². The molecule has 17 heavy (non-hydrogen) atoms. The fourth-order valence-corrected chi connectivity index (χ4v) is 3.28. The lowest BCUT2D eigenvalue weighted by Gasteiger charge is -2.32. The summed E-state index contributed by atoms with van der Waals surface area (Å²) < 4.78 is 0. The largest absolute Gasteiger partial charge is 0.340 e. The van der Waals surface area contributed by atoms with Crippen LogP contribution in [0.2, 0.25) is 0 Å². The summed E-state index contributed by atoms with van der Waals surface area (Å²) in [5.41, 5.74) is 0. The van der Waals surface area contributed by atoms with Crippen LogP contribution in [0.25, 0.3) is 0 Å². The van der Waals surface area contributed by atoms with Crippen LogP contribution in [0.3, 0.4) is 0 Å². The summed E-state index contributed by atoms with van der Waals surface area (Å²) in [6.45, 7) is 7.78. The van der Waals surface area contributed by atoms with Crippen molar-refractivity contribution in [2.75, 3.05) is 26.2 Å². The molecule has 0 aromatic carbocycles. The van der Waals surface area contributed by atoms with Crippen LogP contribution in [0, 0.1) is 5.92 Å². The van der Waals surface area contributed by atoms with Crippen LogP contribution < -0.4 is 5.32 Å². The number of carbonyl (C=O) groups excluding carboxylic acids is 1. The third-order valence-electron chi connectivity index (χ3n) is 3.21. The highest BCUT2D eigenvalue weighted by atomic mass is 32.1. The third kappa shape index (κ3) is 2.87. The molecule has 1 unspecified atom stereocenters. The quantitative estimate of drug-likeness (QED) is 0.891. The van der Waals surface area contributed by atoms with Crippen molar-refractivity contribution in [1.82, 2.24) is 10.2 Å². The van der Waals surface area contributed by atoms with Gasteiger partial charge in [-0.05, 0) is 17.4 Å². The smallest absolute Gasteiger partial charge is 0.231 e. The zero-order valence-electron chi connectivity index (χ0n) is 10.5. The van der Waals surface area contributed by atoms with Crippen LogP contribution in [-0.4, -0.2) is 37.0 Å². The lowest BCUT2D eigenvalue weighted by Crippen LogP contribution is -2.48. The second kappa shape index (κ2) is 5.65. The van der Waals surface area contributed by atoms with Crippen LogP contribution in [0.1, 0.15) is 24.6 Å². The highest BCUT2D eigenvalue weighted by Crippen LogP contribution is 2.30. The van der Waals surface area contributed by atoms with Crippen molar-refractivity contribution in [3.8, 4) is 0 Å². The van der Waals surface area contributed by atoms with E-state index in [1.165, 1.54) is 4.88 Å². The van der Waals surface area contributed by atoms with Gasteiger partial charge in [0.25, 0.3) is 0 Å². The first-order chi connectivity index (χ1) is 8.20. The van der Waals surface area contributed by atoms with E-state index in [1.54, 1.807) is 11.3 Å². The summed E-state index contributed by atoms with van der Waals surface area (Å²) in [6, 6.07) is 4.11. The second-order valence-electron chi connectivity index (χ2n) is 4.81. The first-order valence-electron chi connectivity index (χ1n) is 6.23. The average molecular weight is 252 g/mol. The zero-order valence-corrected chi connectivity index (χ0v) is 11.3. The molecule has 1 amide bonds. The number of hydrogen-bond donors (Lipinski definition) is 1. The topological polar surface area (TPSA) is 32.3 Å². The maximum atomic E-state index is 12.5. The minimum Gasteiger partial charge on any atom is -0.340 e. The molecule has 1 aliphatic heterocycles. The predicted octanol–water partition coefficient (Wildman–Crippen LogP) is 1.92. The summed E-state index contributed by atoms with van der Waals surface area (Å²) in [5, 5.41) is 5.33. The number of amides is 1. The molecule has 0 aliphatic carbocycles. The molecule has 1 atom stereocenters. The fraction of sp³-hybridized carbons (Fsp3) is 0.615. The summed E-state index contributed by atoms with van der Waals surface area (Å²) in [7, 11) is 0. The minimum absolute atomic E-state index is 0.0353. The van der Waals surface area contributed by atoms with Gasteiger partial charge >= 0.3 is 0 Å². The van der Waals surface area contributed by atoms with Crippen molar-refractivity contribution in [2.45, 2.75) is 19.8 Å². The van der Waals surface area contributed by atoms with Crippen molar-refractivity contribution < 1.29 is 4.79 Å². The van der Waals surface area contributed by atoms with E-state index in [0.29, 0.717) is 11.8 Å². The van der Waals surface area contributed by atoms with Crippen molar-refractivity contribution in [3.63, 3.8) is 0 Å². The minimum atomic E-state index is 0.0353. The van der Waals surface area contributed by atoms with Gasteiger partial charge < -0.3 is 10.2 Å². The van der Waals surface area contributed by atoms with Gasteiger partial charge in [0.15, 0.2) is 0 Å². The number of rotatable bonds is 3. The number of carbonyl (C=O) groups is 1. The number of nitrogens with one attached hydrogen (secondary N) is 1. The second-order valence-corrected chi connectivity index (χ2v) is 5.79. The van der Waals surface area contributed by atoms with Gasteiger partial charge in [-0.1, -0.05) is 19.9 Å². The summed E-state index contributed by atoms with van der Waals surface area (Å²) in [4.78, 5) is 15.7. The van der Waals surface area contributed by atoms with Crippen molar-refractivity contribution in [1.29, 1.82) is 0 Å². The molecule has 0 bridgehead atoms. The van der Waals surface area contributed by atoms with Crippen LogP contribution >= 0.6 is 11.3 Å². The molecule has 1 N–H and O–H groups in total. The van der Waals surface area contributed by atoms with Crippen LogP contribution in [0.5, 0.6) is 0 Å². The van der Waals surface area contributed by atoms with Gasteiger partial charge in [-0.2, -0.15) is 0 Å². The Hall–Kier alpha value is -0.870. The Kier molecular flexibility index (Phi) is 4.18. The lowest BCUT2D eigenvalue weighted by atomic mass is 9.92. The molecule has 1 saturated heterocycles. The molecular weight excluding hydrogens is 232 g/mol. The Morgan fingerprint density at radius 3 is 2.65 bits per heavy atom. The standard InChI is InChI=1S/C13H20N2OS/c1-10(2)12(11-4-3-9-17-11)13(16)15-7-5-14-6-8-15/h3-4,9-10,12,14H,5-8H2,1-2H3. The van der Waals surface area contributed by atoms with Crippen molar-refractivity contribution in [3.05, 3.63) is 22.4 Å². The van der Waals surface area contributed by atoms with E-state index in [-0.39, 0.29) is 5.92 Å². The number of hydrogen-bond acceptors (Lipinski definition) is 3. The van der Waals surface area contributed by atoms with E-state index < -0.39 is 0 Å². The molecule has 94 valence electrons. The lowest BCUT2D eigenvalue weighted by molar-refractivity contribution is -0.134. The molecule has 0 saturated carbocycles. The molecule has 1 aliphatic rings. The number of piperazine rings is 1. The molecule has 0 radical (unpaired) electrons. The Balaban J connectivity index is 2.13. The van der Waals surface area contributed by atoms with Gasteiger partial charge in [-0.25, -0.2) is 0 Å². The van der Waals surface area contributed by atoms with E-state index >= 15 is 0 Å². The Morgan fingerprint density at radius 2 is 2.12 bits per heavy atom. The van der Waals surface area contributed by atoms with Crippen molar-refractivity contribution >= 4 is 17.2 Å². The monoisotopic (exact) mass is 252 g/mol. The average Bonchev–Trinajstić information content (AvgIpc) is 2.83. The normalized spacial score (nSPS) is 18.4.